The second kappa shape index (κ2) is 7.70. The molecule has 2 amide bonds. The minimum absolute atomic E-state index is 0.0107. The standard InChI is InChI=1S/C19H26N4O2/c1-14-10-20-22(11-14)12-16-5-7-17(8-6-16)21-19(25)23-9-3-4-15(2)18(23)13-24/h5-8,10-11,15,18,24H,3-4,9,12-13H2,1-2H3,(H,21,25). The van der Waals surface area contributed by atoms with Crippen molar-refractivity contribution < 1.29 is 9.90 Å². The molecule has 2 atom stereocenters. The third-order valence-electron chi connectivity index (χ3n) is 4.88. The van der Waals surface area contributed by atoms with Gasteiger partial charge in [-0.05, 0) is 48.9 Å². The number of carbonyl (C=O) groups is 1. The van der Waals surface area contributed by atoms with Gasteiger partial charge in [0, 0.05) is 18.4 Å². The Morgan fingerprint density at radius 3 is 2.76 bits per heavy atom. The maximum Gasteiger partial charge on any atom is 0.322 e. The van der Waals surface area contributed by atoms with Crippen LogP contribution in [0.25, 0.3) is 0 Å². The van der Waals surface area contributed by atoms with Gasteiger partial charge in [0.15, 0.2) is 0 Å². The van der Waals surface area contributed by atoms with Gasteiger partial charge in [0.25, 0.3) is 0 Å². The highest BCUT2D eigenvalue weighted by atomic mass is 16.3. The number of nitrogens with one attached hydrogen (secondary N) is 1. The molecule has 2 aromatic rings. The molecular weight excluding hydrogens is 316 g/mol. The number of aliphatic hydroxyl groups is 1. The predicted molar refractivity (Wildman–Crippen MR) is 97.5 cm³/mol. The van der Waals surface area contributed by atoms with Gasteiger partial charge in [0.1, 0.15) is 0 Å². The molecule has 6 heteroatoms. The van der Waals surface area contributed by atoms with Crippen molar-refractivity contribution in [1.29, 1.82) is 0 Å². The van der Waals surface area contributed by atoms with Crippen LogP contribution in [0.3, 0.4) is 0 Å². The molecule has 1 fully saturated rings. The zero-order valence-electron chi connectivity index (χ0n) is 14.9. The van der Waals surface area contributed by atoms with Crippen molar-refractivity contribution >= 4 is 11.7 Å². The van der Waals surface area contributed by atoms with Gasteiger partial charge >= 0.3 is 6.03 Å². The highest BCUT2D eigenvalue weighted by Gasteiger charge is 2.31. The van der Waals surface area contributed by atoms with Crippen LogP contribution in [0, 0.1) is 12.8 Å². The number of likely N-dealkylation sites (tertiary alicyclic amines) is 1. The number of aliphatic hydroxyl groups excluding tert-OH is 1. The first-order valence-electron chi connectivity index (χ1n) is 8.83. The number of rotatable bonds is 4. The van der Waals surface area contributed by atoms with Crippen LogP contribution in [-0.4, -0.2) is 45.0 Å². The Morgan fingerprint density at radius 1 is 1.36 bits per heavy atom. The van der Waals surface area contributed by atoms with E-state index in [2.05, 4.69) is 17.3 Å². The van der Waals surface area contributed by atoms with E-state index < -0.39 is 0 Å². The molecule has 1 aromatic heterocycles. The van der Waals surface area contributed by atoms with Gasteiger partial charge in [0.05, 0.1) is 25.4 Å². The van der Waals surface area contributed by atoms with E-state index in [1.54, 1.807) is 4.90 Å². The summed E-state index contributed by atoms with van der Waals surface area (Å²) in [4.78, 5) is 14.3. The summed E-state index contributed by atoms with van der Waals surface area (Å²) >= 11 is 0. The highest BCUT2D eigenvalue weighted by Crippen LogP contribution is 2.24. The van der Waals surface area contributed by atoms with E-state index in [4.69, 9.17) is 0 Å². The molecule has 1 aromatic carbocycles. The second-order valence-corrected chi connectivity index (χ2v) is 6.91. The van der Waals surface area contributed by atoms with Crippen LogP contribution in [-0.2, 0) is 6.54 Å². The smallest absolute Gasteiger partial charge is 0.322 e. The molecule has 0 saturated carbocycles. The van der Waals surface area contributed by atoms with Crippen LogP contribution in [0.4, 0.5) is 10.5 Å². The maximum absolute atomic E-state index is 12.6. The third kappa shape index (κ3) is 4.20. The molecule has 1 aliphatic rings. The lowest BCUT2D eigenvalue weighted by Crippen LogP contribution is -2.51. The van der Waals surface area contributed by atoms with E-state index in [1.807, 2.05) is 48.3 Å². The summed E-state index contributed by atoms with van der Waals surface area (Å²) in [6.07, 6.45) is 5.87. The SMILES string of the molecule is Cc1cnn(Cc2ccc(NC(=O)N3CCCC(C)C3CO)cc2)c1. The Hall–Kier alpha value is -2.34. The first-order valence-corrected chi connectivity index (χ1v) is 8.83. The summed E-state index contributed by atoms with van der Waals surface area (Å²) in [6, 6.07) is 7.57. The number of urea groups is 1. The van der Waals surface area contributed by atoms with Gasteiger partial charge in [-0.3, -0.25) is 4.68 Å². The van der Waals surface area contributed by atoms with Crippen LogP contribution in [0.1, 0.15) is 30.9 Å². The van der Waals surface area contributed by atoms with Crippen molar-refractivity contribution in [2.75, 3.05) is 18.5 Å². The van der Waals surface area contributed by atoms with E-state index in [0.717, 1.165) is 29.7 Å². The molecule has 6 nitrogen and oxygen atoms in total. The molecule has 0 aliphatic carbocycles. The van der Waals surface area contributed by atoms with E-state index >= 15 is 0 Å². The van der Waals surface area contributed by atoms with Crippen LogP contribution in [0.5, 0.6) is 0 Å². The first-order chi connectivity index (χ1) is 12.1. The summed E-state index contributed by atoms with van der Waals surface area (Å²) in [6.45, 7) is 5.52. The molecule has 2 unspecified atom stereocenters. The molecule has 2 N–H and O–H groups in total. The van der Waals surface area contributed by atoms with Gasteiger partial charge in [0.2, 0.25) is 0 Å². The number of piperidine rings is 1. The zero-order valence-corrected chi connectivity index (χ0v) is 14.9. The quantitative estimate of drug-likeness (QED) is 0.897. The van der Waals surface area contributed by atoms with Crippen molar-refractivity contribution in [2.45, 2.75) is 39.3 Å². The normalized spacial score (nSPS) is 20.5. The predicted octanol–water partition coefficient (Wildman–Crippen LogP) is 2.86. The molecular formula is C19H26N4O2. The number of aromatic nitrogens is 2. The number of nitrogens with zero attached hydrogens (tertiary/aromatic N) is 3. The van der Waals surface area contributed by atoms with Crippen LogP contribution in [0.15, 0.2) is 36.7 Å². The Morgan fingerprint density at radius 2 is 2.12 bits per heavy atom. The lowest BCUT2D eigenvalue weighted by atomic mass is 9.91. The van der Waals surface area contributed by atoms with Crippen LogP contribution < -0.4 is 5.32 Å². The lowest BCUT2D eigenvalue weighted by Gasteiger charge is -2.38. The number of amides is 2. The lowest BCUT2D eigenvalue weighted by molar-refractivity contribution is 0.0811. The minimum Gasteiger partial charge on any atom is -0.394 e. The first kappa shape index (κ1) is 17.5. The number of hydrogen-bond donors (Lipinski definition) is 2. The van der Waals surface area contributed by atoms with Crippen molar-refractivity contribution in [2.24, 2.45) is 5.92 Å². The van der Waals surface area contributed by atoms with Crippen molar-refractivity contribution in [1.82, 2.24) is 14.7 Å². The molecule has 0 bridgehead atoms. The third-order valence-corrected chi connectivity index (χ3v) is 4.88. The fraction of sp³-hybridized carbons (Fsp3) is 0.474. The summed E-state index contributed by atoms with van der Waals surface area (Å²) in [5, 5.41) is 16.8. The number of hydrogen-bond acceptors (Lipinski definition) is 3. The second-order valence-electron chi connectivity index (χ2n) is 6.91. The fourth-order valence-electron chi connectivity index (χ4n) is 3.41. The molecule has 3 rings (SSSR count). The number of anilines is 1. The van der Waals surface area contributed by atoms with Gasteiger partial charge < -0.3 is 15.3 Å². The van der Waals surface area contributed by atoms with E-state index in [1.165, 1.54) is 0 Å². The average molecular weight is 342 g/mol. The topological polar surface area (TPSA) is 70.4 Å². The van der Waals surface area contributed by atoms with E-state index in [9.17, 15) is 9.90 Å². The fourth-order valence-corrected chi connectivity index (χ4v) is 3.41. The summed E-state index contributed by atoms with van der Waals surface area (Å²) < 4.78 is 1.89. The van der Waals surface area contributed by atoms with Crippen molar-refractivity contribution in [3.8, 4) is 0 Å². The Labute approximate surface area is 148 Å². The van der Waals surface area contributed by atoms with Gasteiger partial charge in [-0.1, -0.05) is 19.1 Å². The van der Waals surface area contributed by atoms with Crippen molar-refractivity contribution in [3.05, 3.63) is 47.8 Å². The molecule has 0 spiro atoms. The summed E-state index contributed by atoms with van der Waals surface area (Å²) in [7, 11) is 0. The molecule has 1 aliphatic heterocycles. The average Bonchev–Trinajstić information content (AvgIpc) is 3.01. The van der Waals surface area contributed by atoms with Crippen LogP contribution >= 0.6 is 0 Å². The molecule has 0 radical (unpaired) electrons. The van der Waals surface area contributed by atoms with E-state index in [0.29, 0.717) is 19.0 Å². The Bertz CT molecular complexity index is 710. The monoisotopic (exact) mass is 342 g/mol. The molecule has 2 heterocycles. The molecule has 1 saturated heterocycles. The van der Waals surface area contributed by atoms with Crippen LogP contribution in [0.2, 0.25) is 0 Å². The largest absolute Gasteiger partial charge is 0.394 e. The minimum atomic E-state index is -0.138. The van der Waals surface area contributed by atoms with Crippen molar-refractivity contribution in [3.63, 3.8) is 0 Å². The highest BCUT2D eigenvalue weighted by molar-refractivity contribution is 5.89. The van der Waals surface area contributed by atoms with E-state index in [-0.39, 0.29) is 18.7 Å². The van der Waals surface area contributed by atoms with Gasteiger partial charge in [-0.25, -0.2) is 4.79 Å². The van der Waals surface area contributed by atoms with Gasteiger partial charge in [-0.15, -0.1) is 0 Å². The molecule has 25 heavy (non-hydrogen) atoms. The molecule has 134 valence electrons. The summed E-state index contributed by atoms with van der Waals surface area (Å²) in [5.41, 5.74) is 3.03. The Balaban J connectivity index is 1.61. The zero-order chi connectivity index (χ0) is 17.8. The number of benzene rings is 1. The number of aryl methyl sites for hydroxylation is 1. The van der Waals surface area contributed by atoms with Gasteiger partial charge in [-0.2, -0.15) is 5.10 Å². The summed E-state index contributed by atoms with van der Waals surface area (Å²) in [5.74, 6) is 0.324. The maximum atomic E-state index is 12.6. The Kier molecular flexibility index (Phi) is 5.38. The number of carbonyl (C=O) groups excluding carboxylic acids is 1.